The van der Waals surface area contributed by atoms with Gasteiger partial charge in [0.25, 0.3) is 10.2 Å². The van der Waals surface area contributed by atoms with Gasteiger partial charge in [-0.3, -0.25) is 4.79 Å². The maximum Gasteiger partial charge on any atom is 0.321 e. The number of ether oxygens (including phenoxy) is 1. The van der Waals surface area contributed by atoms with E-state index in [1.165, 1.54) is 11.4 Å². The number of nitrogens with zero attached hydrogens (tertiary/aromatic N) is 2. The highest BCUT2D eigenvalue weighted by Gasteiger charge is 2.27. The summed E-state index contributed by atoms with van der Waals surface area (Å²) in [7, 11) is -2.04. The molecule has 0 saturated heterocycles. The number of carbonyl (C=O) groups excluding carboxylic acids is 1. The largest absolute Gasteiger partial charge is 0.465 e. The molecule has 18 heavy (non-hydrogen) atoms. The highest BCUT2D eigenvalue weighted by molar-refractivity contribution is 7.86. The number of hydrogen-bond donors (Lipinski definition) is 0. The Morgan fingerprint density at radius 2 is 1.83 bits per heavy atom. The average Bonchev–Trinajstić information content (AvgIpc) is 2.32. The summed E-state index contributed by atoms with van der Waals surface area (Å²) < 4.78 is 31.5. The van der Waals surface area contributed by atoms with Gasteiger partial charge in [-0.15, -0.1) is 0 Å². The van der Waals surface area contributed by atoms with Gasteiger partial charge >= 0.3 is 5.97 Å². The second-order valence-corrected chi connectivity index (χ2v) is 5.95. The second-order valence-electron chi connectivity index (χ2n) is 3.91. The number of unbranched alkanes of at least 4 members (excludes halogenated alkanes) is 1. The Labute approximate surface area is 110 Å². The Hall–Kier alpha value is -0.660. The molecular formula is C11H24N2O4S. The molecule has 0 unspecified atom stereocenters. The summed E-state index contributed by atoms with van der Waals surface area (Å²) in [5.41, 5.74) is 0. The van der Waals surface area contributed by atoms with Crippen LogP contribution >= 0.6 is 0 Å². The van der Waals surface area contributed by atoms with Crippen molar-refractivity contribution < 1.29 is 17.9 Å². The zero-order valence-corrected chi connectivity index (χ0v) is 12.5. The standard InChI is InChI=1S/C11H24N2O4S/c1-5-8-9-12(4)18(15,16)13(6-2)10-11(14)17-7-3/h5-10H2,1-4H3. The van der Waals surface area contributed by atoms with Gasteiger partial charge in [0.15, 0.2) is 0 Å². The van der Waals surface area contributed by atoms with Crippen molar-refractivity contribution in [1.82, 2.24) is 8.61 Å². The number of hydrogen-bond acceptors (Lipinski definition) is 4. The van der Waals surface area contributed by atoms with Crippen molar-refractivity contribution in [2.75, 3.05) is 33.3 Å². The fraction of sp³-hybridized carbons (Fsp3) is 0.909. The first-order chi connectivity index (χ1) is 8.39. The van der Waals surface area contributed by atoms with E-state index in [0.717, 1.165) is 17.1 Å². The maximum atomic E-state index is 12.2. The Morgan fingerprint density at radius 3 is 2.28 bits per heavy atom. The topological polar surface area (TPSA) is 66.9 Å². The Bertz CT molecular complexity index is 343. The molecule has 0 amide bonds. The van der Waals surface area contributed by atoms with Gasteiger partial charge < -0.3 is 4.74 Å². The summed E-state index contributed by atoms with van der Waals surface area (Å²) in [6.07, 6.45) is 1.72. The zero-order valence-electron chi connectivity index (χ0n) is 11.7. The van der Waals surface area contributed by atoms with E-state index in [0.29, 0.717) is 6.54 Å². The predicted molar refractivity (Wildman–Crippen MR) is 70.3 cm³/mol. The van der Waals surface area contributed by atoms with Crippen LogP contribution in [0, 0.1) is 0 Å². The number of carbonyl (C=O) groups is 1. The van der Waals surface area contributed by atoms with Gasteiger partial charge in [-0.1, -0.05) is 20.3 Å². The van der Waals surface area contributed by atoms with Crippen LogP contribution in [0.2, 0.25) is 0 Å². The number of likely N-dealkylation sites (N-methyl/N-ethyl adjacent to an activating group) is 1. The molecule has 108 valence electrons. The summed E-state index contributed by atoms with van der Waals surface area (Å²) in [4.78, 5) is 11.3. The van der Waals surface area contributed by atoms with E-state index in [-0.39, 0.29) is 19.7 Å². The lowest BCUT2D eigenvalue weighted by atomic mass is 10.3. The lowest BCUT2D eigenvalue weighted by Gasteiger charge is -2.25. The van der Waals surface area contributed by atoms with Gasteiger partial charge in [0.05, 0.1) is 6.61 Å². The summed E-state index contributed by atoms with van der Waals surface area (Å²) >= 11 is 0. The van der Waals surface area contributed by atoms with Crippen LogP contribution in [0.5, 0.6) is 0 Å². The van der Waals surface area contributed by atoms with Gasteiger partial charge in [0.1, 0.15) is 6.54 Å². The molecule has 0 atom stereocenters. The smallest absolute Gasteiger partial charge is 0.321 e. The Morgan fingerprint density at radius 1 is 1.22 bits per heavy atom. The minimum absolute atomic E-state index is 0.233. The van der Waals surface area contributed by atoms with Gasteiger partial charge in [-0.25, -0.2) is 0 Å². The minimum Gasteiger partial charge on any atom is -0.465 e. The highest BCUT2D eigenvalue weighted by atomic mass is 32.2. The molecule has 0 spiro atoms. The van der Waals surface area contributed by atoms with Crippen LogP contribution in [0.3, 0.4) is 0 Å². The van der Waals surface area contributed by atoms with Crippen molar-refractivity contribution in [3.63, 3.8) is 0 Å². The highest BCUT2D eigenvalue weighted by Crippen LogP contribution is 2.07. The van der Waals surface area contributed by atoms with Gasteiger partial charge in [-0.05, 0) is 13.3 Å². The van der Waals surface area contributed by atoms with E-state index >= 15 is 0 Å². The molecule has 0 aromatic carbocycles. The fourth-order valence-electron chi connectivity index (χ4n) is 1.40. The molecular weight excluding hydrogens is 256 g/mol. The molecule has 0 bridgehead atoms. The van der Waals surface area contributed by atoms with Crippen LogP contribution < -0.4 is 0 Å². The molecule has 0 radical (unpaired) electrons. The lowest BCUT2D eigenvalue weighted by Crippen LogP contribution is -2.44. The Kier molecular flexibility index (Phi) is 8.13. The molecule has 6 nitrogen and oxygen atoms in total. The third-order valence-corrected chi connectivity index (χ3v) is 4.52. The van der Waals surface area contributed by atoms with Crippen LogP contribution in [0.4, 0.5) is 0 Å². The third-order valence-electron chi connectivity index (χ3n) is 2.51. The van der Waals surface area contributed by atoms with Crippen molar-refractivity contribution in [2.24, 2.45) is 0 Å². The normalized spacial score (nSPS) is 12.1. The molecule has 0 rings (SSSR count). The van der Waals surface area contributed by atoms with Gasteiger partial charge in [0.2, 0.25) is 0 Å². The lowest BCUT2D eigenvalue weighted by molar-refractivity contribution is -0.143. The Balaban J connectivity index is 4.65. The maximum absolute atomic E-state index is 12.2. The van der Waals surface area contributed by atoms with E-state index < -0.39 is 16.2 Å². The van der Waals surface area contributed by atoms with Crippen molar-refractivity contribution in [1.29, 1.82) is 0 Å². The first kappa shape index (κ1) is 17.3. The summed E-state index contributed by atoms with van der Waals surface area (Å²) in [6, 6.07) is 0. The molecule has 0 saturated carbocycles. The first-order valence-electron chi connectivity index (χ1n) is 6.27. The molecule has 7 heteroatoms. The second kappa shape index (κ2) is 8.44. The van der Waals surface area contributed by atoms with E-state index in [2.05, 4.69) is 0 Å². The first-order valence-corrected chi connectivity index (χ1v) is 7.66. The predicted octanol–water partition coefficient (Wildman–Crippen LogP) is 0.848. The number of esters is 1. The van der Waals surface area contributed by atoms with Crippen molar-refractivity contribution in [3.05, 3.63) is 0 Å². The fourth-order valence-corrected chi connectivity index (χ4v) is 2.75. The van der Waals surface area contributed by atoms with Crippen LogP contribution in [-0.4, -0.2) is 56.3 Å². The minimum atomic E-state index is -3.57. The van der Waals surface area contributed by atoms with E-state index in [9.17, 15) is 13.2 Å². The van der Waals surface area contributed by atoms with Crippen molar-refractivity contribution in [2.45, 2.75) is 33.6 Å². The van der Waals surface area contributed by atoms with E-state index in [4.69, 9.17) is 4.74 Å². The zero-order chi connectivity index (χ0) is 14.2. The van der Waals surface area contributed by atoms with Crippen LogP contribution in [0.25, 0.3) is 0 Å². The summed E-state index contributed by atoms with van der Waals surface area (Å²) in [5.74, 6) is -0.521. The van der Waals surface area contributed by atoms with Crippen LogP contribution in [0.15, 0.2) is 0 Å². The molecule has 0 fully saturated rings. The van der Waals surface area contributed by atoms with Crippen LogP contribution in [0.1, 0.15) is 33.6 Å². The molecule has 0 aromatic rings. The quantitative estimate of drug-likeness (QED) is 0.587. The SMILES string of the molecule is CCCCN(C)S(=O)(=O)N(CC)CC(=O)OCC. The van der Waals surface area contributed by atoms with E-state index in [1.54, 1.807) is 13.8 Å². The molecule has 0 heterocycles. The van der Waals surface area contributed by atoms with Crippen molar-refractivity contribution >= 4 is 16.2 Å². The van der Waals surface area contributed by atoms with Gasteiger partial charge in [-0.2, -0.15) is 17.0 Å². The number of rotatable bonds is 9. The monoisotopic (exact) mass is 280 g/mol. The van der Waals surface area contributed by atoms with Gasteiger partial charge in [0, 0.05) is 20.1 Å². The summed E-state index contributed by atoms with van der Waals surface area (Å²) in [6.45, 7) is 6.11. The molecule has 0 aromatic heterocycles. The van der Waals surface area contributed by atoms with Crippen molar-refractivity contribution in [3.8, 4) is 0 Å². The van der Waals surface area contributed by atoms with E-state index in [1.807, 2.05) is 6.92 Å². The molecule has 0 aliphatic carbocycles. The molecule has 0 aliphatic heterocycles. The molecule has 0 aliphatic rings. The average molecular weight is 280 g/mol. The third kappa shape index (κ3) is 5.32. The molecule has 0 N–H and O–H groups in total. The van der Waals surface area contributed by atoms with Crippen LogP contribution in [-0.2, 0) is 19.7 Å². The summed E-state index contributed by atoms with van der Waals surface area (Å²) in [5, 5.41) is 0.